The van der Waals surface area contributed by atoms with Gasteiger partial charge in [0.15, 0.2) is 11.5 Å². The molecule has 0 fully saturated rings. The number of methoxy groups -OCH3 is 2. The zero-order valence-electron chi connectivity index (χ0n) is 15.2. The highest BCUT2D eigenvalue weighted by atomic mass is 16.5. The van der Waals surface area contributed by atoms with Crippen molar-refractivity contribution >= 4 is 17.6 Å². The van der Waals surface area contributed by atoms with Gasteiger partial charge < -0.3 is 25.2 Å². The predicted octanol–water partition coefficient (Wildman–Crippen LogP) is 2.14. The van der Waals surface area contributed by atoms with E-state index >= 15 is 0 Å². The lowest BCUT2D eigenvalue weighted by Crippen LogP contribution is -2.35. The van der Waals surface area contributed by atoms with E-state index in [9.17, 15) is 20.0 Å². The second-order valence-corrected chi connectivity index (χ2v) is 5.88. The van der Waals surface area contributed by atoms with E-state index in [-0.39, 0.29) is 11.5 Å². The Kier molecular flexibility index (Phi) is 7.96. The van der Waals surface area contributed by atoms with Gasteiger partial charge in [0, 0.05) is 18.0 Å². The number of nitrogens with one attached hydrogen (secondary N) is 2. The monoisotopic (exact) mass is 361 g/mol. The van der Waals surface area contributed by atoms with Crippen LogP contribution in [-0.4, -0.2) is 37.2 Å². The maximum absolute atomic E-state index is 12.2. The summed E-state index contributed by atoms with van der Waals surface area (Å²) in [5.74, 6) is -0.647. The van der Waals surface area contributed by atoms with Crippen LogP contribution in [0.2, 0.25) is 0 Å². The van der Waals surface area contributed by atoms with Crippen molar-refractivity contribution < 1.29 is 24.2 Å². The van der Waals surface area contributed by atoms with Crippen LogP contribution in [0, 0.1) is 17.2 Å². The summed E-state index contributed by atoms with van der Waals surface area (Å²) in [5.41, 5.74) is 0.167. The highest BCUT2D eigenvalue weighted by Gasteiger charge is 2.18. The van der Waals surface area contributed by atoms with Crippen LogP contribution in [0.3, 0.4) is 0 Å². The van der Waals surface area contributed by atoms with Gasteiger partial charge in [-0.1, -0.05) is 13.8 Å². The topological polar surface area (TPSA) is 121 Å². The molecule has 8 heteroatoms. The summed E-state index contributed by atoms with van der Waals surface area (Å²) < 4.78 is 10.3. The van der Waals surface area contributed by atoms with Crippen LogP contribution < -0.4 is 20.1 Å². The first-order chi connectivity index (χ1) is 12.3. The lowest BCUT2D eigenvalue weighted by Gasteiger charge is -2.15. The number of amides is 1. The van der Waals surface area contributed by atoms with Gasteiger partial charge in [-0.3, -0.25) is 4.79 Å². The van der Waals surface area contributed by atoms with Crippen LogP contribution in [-0.2, 0) is 9.59 Å². The standard InChI is InChI=1S/C18H23N3O5/c1-11(2)7-14(18(23)24)20-10-12(9-19)17(22)21-13-5-6-15(25-3)16(8-13)26-4/h5-6,8,10-11,14,20H,7H2,1-4H3,(H,21,22)(H,23,24)/b12-10-. The molecule has 0 aliphatic heterocycles. The molecule has 1 amide bonds. The fourth-order valence-corrected chi connectivity index (χ4v) is 2.16. The van der Waals surface area contributed by atoms with Gasteiger partial charge in [-0.15, -0.1) is 0 Å². The Labute approximate surface area is 152 Å². The molecule has 1 atom stereocenters. The third kappa shape index (κ3) is 6.02. The highest BCUT2D eigenvalue weighted by Crippen LogP contribution is 2.29. The first kappa shape index (κ1) is 20.8. The molecule has 0 bridgehead atoms. The van der Waals surface area contributed by atoms with Crippen molar-refractivity contribution in [1.29, 1.82) is 5.26 Å². The van der Waals surface area contributed by atoms with Gasteiger partial charge in [0.2, 0.25) is 0 Å². The Morgan fingerprint density at radius 1 is 1.27 bits per heavy atom. The van der Waals surface area contributed by atoms with E-state index in [1.807, 2.05) is 13.8 Å². The van der Waals surface area contributed by atoms with Gasteiger partial charge >= 0.3 is 5.97 Å². The number of hydrogen-bond acceptors (Lipinski definition) is 6. The Hall–Kier alpha value is -3.21. The minimum Gasteiger partial charge on any atom is -0.493 e. The summed E-state index contributed by atoms with van der Waals surface area (Å²) >= 11 is 0. The van der Waals surface area contributed by atoms with Crippen LogP contribution in [0.1, 0.15) is 20.3 Å². The van der Waals surface area contributed by atoms with Gasteiger partial charge in [-0.2, -0.15) is 5.26 Å². The fraction of sp³-hybridized carbons (Fsp3) is 0.389. The van der Waals surface area contributed by atoms with E-state index in [0.29, 0.717) is 23.6 Å². The van der Waals surface area contributed by atoms with Crippen molar-refractivity contribution in [2.75, 3.05) is 19.5 Å². The average molecular weight is 361 g/mol. The predicted molar refractivity (Wildman–Crippen MR) is 95.9 cm³/mol. The molecule has 0 heterocycles. The molecule has 0 saturated heterocycles. The third-order valence-electron chi connectivity index (χ3n) is 3.44. The smallest absolute Gasteiger partial charge is 0.326 e. The summed E-state index contributed by atoms with van der Waals surface area (Å²) in [6, 6.07) is 5.64. The average Bonchev–Trinajstić information content (AvgIpc) is 2.60. The zero-order chi connectivity index (χ0) is 19.7. The number of nitriles is 1. The lowest BCUT2D eigenvalue weighted by molar-refractivity contribution is -0.139. The van der Waals surface area contributed by atoms with E-state index in [1.165, 1.54) is 14.2 Å². The Balaban J connectivity index is 2.89. The molecule has 0 aliphatic carbocycles. The summed E-state index contributed by atoms with van der Waals surface area (Å²) in [7, 11) is 2.96. The summed E-state index contributed by atoms with van der Waals surface area (Å²) in [4.78, 5) is 23.5. The van der Waals surface area contributed by atoms with Crippen molar-refractivity contribution in [2.24, 2.45) is 5.92 Å². The maximum atomic E-state index is 12.2. The number of benzene rings is 1. The number of carbonyl (C=O) groups is 2. The molecule has 0 aliphatic rings. The van der Waals surface area contributed by atoms with Gasteiger partial charge in [-0.05, 0) is 24.5 Å². The number of anilines is 1. The summed E-state index contributed by atoms with van der Waals surface area (Å²) in [6.45, 7) is 3.77. The van der Waals surface area contributed by atoms with Crippen molar-refractivity contribution in [2.45, 2.75) is 26.3 Å². The molecule has 0 spiro atoms. The van der Waals surface area contributed by atoms with E-state index in [1.54, 1.807) is 24.3 Å². The first-order valence-electron chi connectivity index (χ1n) is 7.94. The number of nitrogens with zero attached hydrogens (tertiary/aromatic N) is 1. The summed E-state index contributed by atoms with van der Waals surface area (Å²) in [5, 5.41) is 23.5. The molecule has 1 unspecified atom stereocenters. The van der Waals surface area contributed by atoms with E-state index in [2.05, 4.69) is 10.6 Å². The van der Waals surface area contributed by atoms with Crippen LogP contribution in [0.4, 0.5) is 5.69 Å². The molecule has 140 valence electrons. The molecular weight excluding hydrogens is 338 g/mol. The number of hydrogen-bond donors (Lipinski definition) is 3. The largest absolute Gasteiger partial charge is 0.493 e. The van der Waals surface area contributed by atoms with Crippen LogP contribution in [0.25, 0.3) is 0 Å². The molecule has 8 nitrogen and oxygen atoms in total. The Bertz CT molecular complexity index is 722. The summed E-state index contributed by atoms with van der Waals surface area (Å²) in [6.07, 6.45) is 1.49. The molecule has 3 N–H and O–H groups in total. The van der Waals surface area contributed by atoms with Gasteiger partial charge in [-0.25, -0.2) is 4.79 Å². The number of ether oxygens (including phenoxy) is 2. The molecular formula is C18H23N3O5. The molecule has 0 saturated carbocycles. The van der Waals surface area contributed by atoms with Crippen LogP contribution in [0.5, 0.6) is 11.5 Å². The SMILES string of the molecule is COc1ccc(NC(=O)/C(C#N)=C\NC(CC(C)C)C(=O)O)cc1OC. The number of carbonyl (C=O) groups excluding carboxylic acids is 1. The van der Waals surface area contributed by atoms with Crippen molar-refractivity contribution in [3.63, 3.8) is 0 Å². The molecule has 0 aromatic heterocycles. The number of aliphatic carboxylic acids is 1. The molecule has 1 rings (SSSR count). The quantitative estimate of drug-likeness (QED) is 0.455. The van der Waals surface area contributed by atoms with Crippen molar-refractivity contribution in [3.05, 3.63) is 30.0 Å². The normalized spacial score (nSPS) is 12.1. The minimum absolute atomic E-state index is 0.142. The molecule has 1 aromatic rings. The van der Waals surface area contributed by atoms with Gasteiger partial charge in [0.25, 0.3) is 5.91 Å². The first-order valence-corrected chi connectivity index (χ1v) is 7.94. The Morgan fingerprint density at radius 2 is 1.92 bits per heavy atom. The maximum Gasteiger partial charge on any atom is 0.326 e. The van der Waals surface area contributed by atoms with Crippen molar-refractivity contribution in [3.8, 4) is 17.6 Å². The zero-order valence-corrected chi connectivity index (χ0v) is 15.2. The molecule has 0 radical (unpaired) electrons. The lowest BCUT2D eigenvalue weighted by atomic mass is 10.0. The second kappa shape index (κ2) is 9.93. The van der Waals surface area contributed by atoms with E-state index < -0.39 is 17.9 Å². The van der Waals surface area contributed by atoms with Crippen LogP contribution >= 0.6 is 0 Å². The Morgan fingerprint density at radius 3 is 2.42 bits per heavy atom. The van der Waals surface area contributed by atoms with E-state index in [0.717, 1.165) is 6.20 Å². The number of rotatable bonds is 9. The van der Waals surface area contributed by atoms with Gasteiger partial charge in [0.1, 0.15) is 17.7 Å². The van der Waals surface area contributed by atoms with E-state index in [4.69, 9.17) is 9.47 Å². The molecule has 26 heavy (non-hydrogen) atoms. The molecule has 1 aromatic carbocycles. The number of carboxylic acid groups (broad SMARTS) is 1. The van der Waals surface area contributed by atoms with Crippen molar-refractivity contribution in [1.82, 2.24) is 5.32 Å². The van der Waals surface area contributed by atoms with Crippen LogP contribution in [0.15, 0.2) is 30.0 Å². The van der Waals surface area contributed by atoms with Gasteiger partial charge in [0.05, 0.1) is 14.2 Å². The fourth-order valence-electron chi connectivity index (χ4n) is 2.16. The second-order valence-electron chi connectivity index (χ2n) is 5.88. The third-order valence-corrected chi connectivity index (χ3v) is 3.44. The number of carboxylic acids is 1. The highest BCUT2D eigenvalue weighted by molar-refractivity contribution is 6.06. The minimum atomic E-state index is -1.05.